The summed E-state index contributed by atoms with van der Waals surface area (Å²) in [7, 11) is 1.90. The molecule has 0 spiro atoms. The first-order chi connectivity index (χ1) is 11.0. The van der Waals surface area contributed by atoms with Gasteiger partial charge in [0.05, 0.1) is 23.3 Å². The molecule has 0 saturated carbocycles. The zero-order valence-corrected chi connectivity index (χ0v) is 13.6. The summed E-state index contributed by atoms with van der Waals surface area (Å²) in [5, 5.41) is 7.23. The highest BCUT2D eigenvalue weighted by atomic mass is 16.1. The third-order valence-corrected chi connectivity index (χ3v) is 4.14. The van der Waals surface area contributed by atoms with Gasteiger partial charge in [0.2, 0.25) is 5.91 Å². The maximum Gasteiger partial charge on any atom is 0.220 e. The highest BCUT2D eigenvalue weighted by Gasteiger charge is 2.15. The van der Waals surface area contributed by atoms with E-state index in [1.165, 1.54) is 0 Å². The number of hydrogen-bond donors (Lipinski definition) is 2. The molecule has 0 saturated heterocycles. The van der Waals surface area contributed by atoms with Crippen molar-refractivity contribution in [3.8, 4) is 0 Å². The fourth-order valence-corrected chi connectivity index (χ4v) is 2.69. The van der Waals surface area contributed by atoms with Crippen LogP contribution >= 0.6 is 0 Å². The fraction of sp³-hybridized carbons (Fsp3) is 0.353. The van der Waals surface area contributed by atoms with Crippen LogP contribution in [-0.2, 0) is 18.3 Å². The molecule has 2 aromatic heterocycles. The second-order valence-corrected chi connectivity index (χ2v) is 5.80. The molecule has 6 heteroatoms. The first-order valence-electron chi connectivity index (χ1n) is 7.76. The standard InChI is InChI=1S/C17H21N5O/c1-11(13-10-18-22(3)12(13)2)19-17(23)9-8-16-20-14-6-4-5-7-15(14)21-16/h4-7,10-11H,8-9H2,1-3H3,(H,19,23)(H,20,21). The molecule has 0 aliphatic carbocycles. The summed E-state index contributed by atoms with van der Waals surface area (Å²) >= 11 is 0. The van der Waals surface area contributed by atoms with Crippen LogP contribution in [0.5, 0.6) is 0 Å². The second kappa shape index (κ2) is 6.24. The molecule has 23 heavy (non-hydrogen) atoms. The largest absolute Gasteiger partial charge is 0.349 e. The first-order valence-corrected chi connectivity index (χ1v) is 7.76. The van der Waals surface area contributed by atoms with Gasteiger partial charge in [-0.15, -0.1) is 0 Å². The van der Waals surface area contributed by atoms with Gasteiger partial charge in [0.25, 0.3) is 0 Å². The van der Waals surface area contributed by atoms with Crippen LogP contribution in [0.3, 0.4) is 0 Å². The Morgan fingerprint density at radius 3 is 2.87 bits per heavy atom. The van der Waals surface area contributed by atoms with Crippen LogP contribution in [0.4, 0.5) is 0 Å². The minimum Gasteiger partial charge on any atom is -0.349 e. The Kier molecular flexibility index (Phi) is 4.14. The Bertz CT molecular complexity index is 799. The third-order valence-electron chi connectivity index (χ3n) is 4.14. The molecule has 1 unspecified atom stereocenters. The van der Waals surface area contributed by atoms with E-state index in [-0.39, 0.29) is 11.9 Å². The lowest BCUT2D eigenvalue weighted by Crippen LogP contribution is -2.27. The number of aromatic amines is 1. The predicted molar refractivity (Wildman–Crippen MR) is 88.9 cm³/mol. The minimum atomic E-state index is -0.0492. The van der Waals surface area contributed by atoms with Crippen molar-refractivity contribution in [2.45, 2.75) is 32.7 Å². The van der Waals surface area contributed by atoms with Crippen LogP contribution in [0.25, 0.3) is 11.0 Å². The van der Waals surface area contributed by atoms with Gasteiger partial charge in [-0.25, -0.2) is 4.98 Å². The molecule has 0 bridgehead atoms. The van der Waals surface area contributed by atoms with Crippen LogP contribution in [0, 0.1) is 6.92 Å². The zero-order valence-electron chi connectivity index (χ0n) is 13.6. The summed E-state index contributed by atoms with van der Waals surface area (Å²) in [6.45, 7) is 3.97. The van der Waals surface area contributed by atoms with Gasteiger partial charge < -0.3 is 10.3 Å². The highest BCUT2D eigenvalue weighted by molar-refractivity contribution is 5.77. The van der Waals surface area contributed by atoms with E-state index in [0.29, 0.717) is 12.8 Å². The average Bonchev–Trinajstić information content (AvgIpc) is 3.09. The second-order valence-electron chi connectivity index (χ2n) is 5.80. The number of carbonyl (C=O) groups is 1. The number of aromatic nitrogens is 4. The topological polar surface area (TPSA) is 75.6 Å². The summed E-state index contributed by atoms with van der Waals surface area (Å²) in [5.74, 6) is 0.854. The summed E-state index contributed by atoms with van der Waals surface area (Å²) < 4.78 is 1.81. The van der Waals surface area contributed by atoms with E-state index < -0.39 is 0 Å². The molecule has 1 aromatic carbocycles. The van der Waals surface area contributed by atoms with Gasteiger partial charge in [0, 0.05) is 31.1 Å². The third kappa shape index (κ3) is 3.26. The lowest BCUT2D eigenvalue weighted by atomic mass is 10.1. The zero-order chi connectivity index (χ0) is 16.4. The monoisotopic (exact) mass is 311 g/mol. The number of fused-ring (bicyclic) bond motifs is 1. The number of aryl methyl sites for hydroxylation is 2. The average molecular weight is 311 g/mol. The van der Waals surface area contributed by atoms with Crippen LogP contribution < -0.4 is 5.32 Å². The van der Waals surface area contributed by atoms with E-state index in [1.54, 1.807) is 6.20 Å². The van der Waals surface area contributed by atoms with Gasteiger partial charge in [-0.2, -0.15) is 5.10 Å². The SMILES string of the molecule is Cc1c(C(C)NC(=O)CCc2nc3ccccc3[nH]2)cnn1C. The van der Waals surface area contributed by atoms with Crippen molar-refractivity contribution in [2.75, 3.05) is 0 Å². The lowest BCUT2D eigenvalue weighted by molar-refractivity contribution is -0.121. The summed E-state index contributed by atoms with van der Waals surface area (Å²) in [4.78, 5) is 19.9. The van der Waals surface area contributed by atoms with E-state index in [4.69, 9.17) is 0 Å². The van der Waals surface area contributed by atoms with Gasteiger partial charge in [-0.3, -0.25) is 9.48 Å². The number of nitrogens with one attached hydrogen (secondary N) is 2. The summed E-state index contributed by atoms with van der Waals surface area (Å²) in [6, 6.07) is 7.82. The maximum absolute atomic E-state index is 12.2. The van der Waals surface area contributed by atoms with Crippen LogP contribution in [0.15, 0.2) is 30.5 Å². The molecule has 3 rings (SSSR count). The molecule has 0 aliphatic heterocycles. The Balaban J connectivity index is 1.58. The quantitative estimate of drug-likeness (QED) is 0.760. The number of nitrogens with zero attached hydrogens (tertiary/aromatic N) is 3. The Hall–Kier alpha value is -2.63. The molecule has 1 atom stereocenters. The van der Waals surface area contributed by atoms with Crippen molar-refractivity contribution in [1.29, 1.82) is 0 Å². The molecule has 6 nitrogen and oxygen atoms in total. The molecule has 3 aromatic rings. The Morgan fingerprint density at radius 2 is 2.17 bits per heavy atom. The van der Waals surface area contributed by atoms with Crippen LogP contribution in [-0.4, -0.2) is 25.7 Å². The van der Waals surface area contributed by atoms with E-state index in [2.05, 4.69) is 20.4 Å². The van der Waals surface area contributed by atoms with E-state index in [9.17, 15) is 4.79 Å². The molecule has 120 valence electrons. The molecule has 1 amide bonds. The van der Waals surface area contributed by atoms with Gasteiger partial charge in [0.15, 0.2) is 0 Å². The molecular weight excluding hydrogens is 290 g/mol. The van der Waals surface area contributed by atoms with Gasteiger partial charge in [-0.1, -0.05) is 12.1 Å². The number of benzene rings is 1. The van der Waals surface area contributed by atoms with Crippen molar-refractivity contribution < 1.29 is 4.79 Å². The Morgan fingerprint density at radius 1 is 1.39 bits per heavy atom. The normalized spacial score (nSPS) is 12.5. The van der Waals surface area contributed by atoms with Gasteiger partial charge >= 0.3 is 0 Å². The molecule has 0 radical (unpaired) electrons. The van der Waals surface area contributed by atoms with Crippen molar-refractivity contribution in [2.24, 2.45) is 7.05 Å². The molecular formula is C17H21N5O. The maximum atomic E-state index is 12.2. The van der Waals surface area contributed by atoms with E-state index in [1.807, 2.05) is 49.8 Å². The highest BCUT2D eigenvalue weighted by Crippen LogP contribution is 2.16. The Labute approximate surface area is 134 Å². The number of rotatable bonds is 5. The van der Waals surface area contributed by atoms with Crippen LogP contribution in [0.1, 0.15) is 36.5 Å². The molecule has 2 heterocycles. The smallest absolute Gasteiger partial charge is 0.220 e. The lowest BCUT2D eigenvalue weighted by Gasteiger charge is -2.13. The number of amides is 1. The molecule has 0 aliphatic rings. The van der Waals surface area contributed by atoms with Crippen LogP contribution in [0.2, 0.25) is 0 Å². The number of carbonyl (C=O) groups excluding carboxylic acids is 1. The van der Waals surface area contributed by atoms with Crippen molar-refractivity contribution in [3.05, 3.63) is 47.5 Å². The summed E-state index contributed by atoms with van der Waals surface area (Å²) in [6.07, 6.45) is 2.81. The number of imidazole rings is 1. The van der Waals surface area contributed by atoms with Crippen molar-refractivity contribution >= 4 is 16.9 Å². The summed E-state index contributed by atoms with van der Waals surface area (Å²) in [5.41, 5.74) is 4.05. The van der Waals surface area contributed by atoms with Gasteiger partial charge in [-0.05, 0) is 26.0 Å². The number of H-pyrrole nitrogens is 1. The molecule has 2 N–H and O–H groups in total. The van der Waals surface area contributed by atoms with E-state index in [0.717, 1.165) is 28.1 Å². The first kappa shape index (κ1) is 15.3. The predicted octanol–water partition coefficient (Wildman–Crippen LogP) is 2.41. The van der Waals surface area contributed by atoms with Crippen molar-refractivity contribution in [1.82, 2.24) is 25.1 Å². The van der Waals surface area contributed by atoms with Gasteiger partial charge in [0.1, 0.15) is 5.82 Å². The number of hydrogen-bond acceptors (Lipinski definition) is 3. The molecule has 0 fully saturated rings. The fourth-order valence-electron chi connectivity index (χ4n) is 2.69. The van der Waals surface area contributed by atoms with E-state index >= 15 is 0 Å². The number of para-hydroxylation sites is 2. The van der Waals surface area contributed by atoms with Crippen molar-refractivity contribution in [3.63, 3.8) is 0 Å². The minimum absolute atomic E-state index is 0.0150.